The molecule has 1 aromatic rings. The molecule has 2 aliphatic rings. The molecule has 18 heavy (non-hydrogen) atoms. The monoisotopic (exact) mass is 250 g/mol. The summed E-state index contributed by atoms with van der Waals surface area (Å²) >= 11 is 0. The second-order valence-electron chi connectivity index (χ2n) is 5.91. The van der Waals surface area contributed by atoms with Gasteiger partial charge in [0.25, 0.3) is 0 Å². The van der Waals surface area contributed by atoms with Gasteiger partial charge in [-0.3, -0.25) is 0 Å². The third-order valence-corrected chi connectivity index (χ3v) is 4.19. The van der Waals surface area contributed by atoms with Gasteiger partial charge in [-0.1, -0.05) is 12.1 Å². The van der Waals surface area contributed by atoms with Gasteiger partial charge in [-0.2, -0.15) is 0 Å². The Morgan fingerprint density at radius 3 is 2.83 bits per heavy atom. The molecule has 1 fully saturated rings. The highest BCUT2D eigenvalue weighted by molar-refractivity contribution is 5.40. The average molecular weight is 250 g/mol. The van der Waals surface area contributed by atoms with Crippen LogP contribution in [-0.4, -0.2) is 11.7 Å². The molecule has 0 aromatic heterocycles. The second-order valence-corrected chi connectivity index (χ2v) is 5.91. The average Bonchev–Trinajstić information content (AvgIpc) is 2.30. The van der Waals surface area contributed by atoms with E-state index < -0.39 is 0 Å². The number of halogens is 1. The molecule has 3 heteroatoms. The van der Waals surface area contributed by atoms with Gasteiger partial charge >= 0.3 is 0 Å². The van der Waals surface area contributed by atoms with E-state index in [1.807, 2.05) is 19.9 Å². The SMILES string of the molecule is C[C@H]1CC[C@H]2[C@H](O1)c1cccc(F)c1OC2(C)C. The van der Waals surface area contributed by atoms with Crippen LogP contribution in [0, 0.1) is 11.7 Å². The first-order chi connectivity index (χ1) is 8.49. The van der Waals surface area contributed by atoms with Crippen LogP contribution in [0.2, 0.25) is 0 Å². The minimum Gasteiger partial charge on any atom is -0.484 e. The molecule has 0 aliphatic carbocycles. The Hall–Kier alpha value is -1.09. The summed E-state index contributed by atoms with van der Waals surface area (Å²) in [4.78, 5) is 0. The van der Waals surface area contributed by atoms with Gasteiger partial charge < -0.3 is 9.47 Å². The number of fused-ring (bicyclic) bond motifs is 3. The normalized spacial score (nSPS) is 33.2. The molecule has 0 unspecified atom stereocenters. The molecule has 3 atom stereocenters. The lowest BCUT2D eigenvalue weighted by atomic mass is 9.75. The fourth-order valence-corrected chi connectivity index (χ4v) is 3.18. The zero-order valence-corrected chi connectivity index (χ0v) is 11.1. The Morgan fingerprint density at radius 2 is 2.06 bits per heavy atom. The summed E-state index contributed by atoms with van der Waals surface area (Å²) in [5.74, 6) is 0.377. The van der Waals surface area contributed by atoms with Crippen LogP contribution in [0.1, 0.15) is 45.3 Å². The van der Waals surface area contributed by atoms with E-state index in [0.717, 1.165) is 18.4 Å². The Kier molecular flexibility index (Phi) is 2.63. The van der Waals surface area contributed by atoms with Crippen LogP contribution in [0.3, 0.4) is 0 Å². The summed E-state index contributed by atoms with van der Waals surface area (Å²) in [5, 5.41) is 0. The number of hydrogen-bond acceptors (Lipinski definition) is 2. The molecule has 0 spiro atoms. The van der Waals surface area contributed by atoms with Gasteiger partial charge in [-0.25, -0.2) is 4.39 Å². The van der Waals surface area contributed by atoms with Gasteiger partial charge in [0, 0.05) is 11.5 Å². The van der Waals surface area contributed by atoms with Crippen molar-refractivity contribution in [1.82, 2.24) is 0 Å². The molecule has 2 heterocycles. The molecule has 98 valence electrons. The number of benzene rings is 1. The number of hydrogen-bond donors (Lipinski definition) is 0. The highest BCUT2D eigenvalue weighted by Crippen LogP contribution is 2.50. The molecular formula is C15H19FO2. The smallest absolute Gasteiger partial charge is 0.165 e. The van der Waals surface area contributed by atoms with Crippen LogP contribution in [0.5, 0.6) is 5.75 Å². The Balaban J connectivity index is 2.09. The van der Waals surface area contributed by atoms with E-state index >= 15 is 0 Å². The zero-order chi connectivity index (χ0) is 12.9. The molecule has 0 radical (unpaired) electrons. The predicted octanol–water partition coefficient (Wildman–Crippen LogP) is 3.85. The van der Waals surface area contributed by atoms with Crippen molar-refractivity contribution in [1.29, 1.82) is 0 Å². The molecule has 0 amide bonds. The van der Waals surface area contributed by atoms with Gasteiger partial charge in [-0.05, 0) is 39.7 Å². The van der Waals surface area contributed by atoms with E-state index in [0.29, 0.717) is 11.7 Å². The molecule has 2 aliphatic heterocycles. The second kappa shape index (κ2) is 3.95. The Bertz CT molecular complexity index is 470. The van der Waals surface area contributed by atoms with E-state index in [1.165, 1.54) is 6.07 Å². The molecular weight excluding hydrogens is 231 g/mol. The summed E-state index contributed by atoms with van der Waals surface area (Å²) in [6, 6.07) is 5.10. The molecule has 2 nitrogen and oxygen atoms in total. The van der Waals surface area contributed by atoms with Gasteiger partial charge in [0.1, 0.15) is 5.60 Å². The van der Waals surface area contributed by atoms with E-state index in [-0.39, 0.29) is 23.6 Å². The lowest BCUT2D eigenvalue weighted by Crippen LogP contribution is -2.48. The van der Waals surface area contributed by atoms with Crippen molar-refractivity contribution in [2.75, 3.05) is 0 Å². The molecule has 1 aromatic carbocycles. The van der Waals surface area contributed by atoms with Gasteiger partial charge in [-0.15, -0.1) is 0 Å². The van der Waals surface area contributed by atoms with Crippen LogP contribution in [0.4, 0.5) is 4.39 Å². The standard InChI is InChI=1S/C15H19FO2/c1-9-7-8-11-13(17-9)10-5-4-6-12(16)14(10)18-15(11,2)3/h4-6,9,11,13H,7-8H2,1-3H3/t9-,11-,13+/m0/s1. The minimum atomic E-state index is -0.375. The first kappa shape index (κ1) is 12.0. The highest BCUT2D eigenvalue weighted by atomic mass is 19.1. The van der Waals surface area contributed by atoms with Crippen molar-refractivity contribution in [3.63, 3.8) is 0 Å². The fraction of sp³-hybridized carbons (Fsp3) is 0.600. The van der Waals surface area contributed by atoms with E-state index in [2.05, 4.69) is 6.92 Å². The summed E-state index contributed by atoms with van der Waals surface area (Å²) in [6.07, 6.45) is 2.30. The topological polar surface area (TPSA) is 18.5 Å². The number of rotatable bonds is 0. The van der Waals surface area contributed by atoms with Crippen molar-refractivity contribution in [3.8, 4) is 5.75 Å². The summed E-state index contributed by atoms with van der Waals surface area (Å²) < 4.78 is 25.9. The number of para-hydroxylation sites is 1. The predicted molar refractivity (Wildman–Crippen MR) is 67.1 cm³/mol. The van der Waals surface area contributed by atoms with E-state index in [9.17, 15) is 4.39 Å². The van der Waals surface area contributed by atoms with Crippen LogP contribution in [-0.2, 0) is 4.74 Å². The molecule has 0 saturated carbocycles. The quantitative estimate of drug-likeness (QED) is 0.696. The van der Waals surface area contributed by atoms with E-state index in [1.54, 1.807) is 6.07 Å². The summed E-state index contributed by atoms with van der Waals surface area (Å²) in [6.45, 7) is 6.14. The fourth-order valence-electron chi connectivity index (χ4n) is 3.18. The van der Waals surface area contributed by atoms with Crippen molar-refractivity contribution in [2.45, 2.75) is 51.4 Å². The van der Waals surface area contributed by atoms with Crippen molar-refractivity contribution in [2.24, 2.45) is 5.92 Å². The highest BCUT2D eigenvalue weighted by Gasteiger charge is 2.47. The lowest BCUT2D eigenvalue weighted by molar-refractivity contribution is -0.145. The van der Waals surface area contributed by atoms with Crippen LogP contribution < -0.4 is 4.74 Å². The lowest BCUT2D eigenvalue weighted by Gasteiger charge is -2.48. The summed E-state index contributed by atoms with van der Waals surface area (Å²) in [5.41, 5.74) is 0.492. The molecule has 3 rings (SSSR count). The Labute approximate surface area is 107 Å². The van der Waals surface area contributed by atoms with E-state index in [4.69, 9.17) is 9.47 Å². The largest absolute Gasteiger partial charge is 0.484 e. The maximum absolute atomic E-state index is 13.9. The van der Waals surface area contributed by atoms with Gasteiger partial charge in [0.05, 0.1) is 12.2 Å². The van der Waals surface area contributed by atoms with Crippen LogP contribution in [0.25, 0.3) is 0 Å². The molecule has 1 saturated heterocycles. The zero-order valence-electron chi connectivity index (χ0n) is 11.1. The van der Waals surface area contributed by atoms with Crippen molar-refractivity contribution >= 4 is 0 Å². The third kappa shape index (κ3) is 1.72. The first-order valence-corrected chi connectivity index (χ1v) is 6.62. The van der Waals surface area contributed by atoms with Crippen LogP contribution >= 0.6 is 0 Å². The summed E-state index contributed by atoms with van der Waals surface area (Å²) in [7, 11) is 0. The van der Waals surface area contributed by atoms with Crippen molar-refractivity contribution in [3.05, 3.63) is 29.6 Å². The molecule has 0 N–H and O–H groups in total. The van der Waals surface area contributed by atoms with Crippen LogP contribution in [0.15, 0.2) is 18.2 Å². The maximum atomic E-state index is 13.9. The van der Waals surface area contributed by atoms with Gasteiger partial charge in [0.2, 0.25) is 0 Å². The van der Waals surface area contributed by atoms with Crippen molar-refractivity contribution < 1.29 is 13.9 Å². The molecule has 0 bridgehead atoms. The maximum Gasteiger partial charge on any atom is 0.165 e. The van der Waals surface area contributed by atoms with Gasteiger partial charge in [0.15, 0.2) is 11.6 Å². The minimum absolute atomic E-state index is 0.0387. The first-order valence-electron chi connectivity index (χ1n) is 6.62. The number of ether oxygens (including phenoxy) is 2. The third-order valence-electron chi connectivity index (χ3n) is 4.19. The Morgan fingerprint density at radius 1 is 1.28 bits per heavy atom.